The Balaban J connectivity index is 1.99. The second kappa shape index (κ2) is 4.76. The fourth-order valence-electron chi connectivity index (χ4n) is 2.07. The molecule has 0 saturated carbocycles. The van der Waals surface area contributed by atoms with Gasteiger partial charge in [0.05, 0.1) is 0 Å². The zero-order valence-corrected chi connectivity index (χ0v) is 9.37. The normalized spacial score (nSPS) is 18.1. The molecule has 1 fully saturated rings. The largest absolute Gasteiger partial charge is 0.357 e. The lowest BCUT2D eigenvalue weighted by Crippen LogP contribution is -2.36. The quantitative estimate of drug-likeness (QED) is 0.770. The first-order valence-corrected chi connectivity index (χ1v) is 5.62. The highest BCUT2D eigenvalue weighted by Gasteiger charge is 2.26. The van der Waals surface area contributed by atoms with Gasteiger partial charge in [0, 0.05) is 25.2 Å². The first kappa shape index (κ1) is 11.3. The van der Waals surface area contributed by atoms with E-state index < -0.39 is 12.3 Å². The van der Waals surface area contributed by atoms with Crippen molar-refractivity contribution in [3.8, 4) is 0 Å². The van der Waals surface area contributed by atoms with Crippen molar-refractivity contribution in [2.45, 2.75) is 26.2 Å². The van der Waals surface area contributed by atoms with Gasteiger partial charge in [0.2, 0.25) is 6.43 Å². The fraction of sp³-hybridized carbons (Fsp3) is 0.583. The molecule has 0 atom stereocenters. The summed E-state index contributed by atoms with van der Waals surface area (Å²) in [6, 6.07) is 3.94. The highest BCUT2D eigenvalue weighted by atomic mass is 19.3. The number of rotatable bonds is 2. The molecule has 2 heterocycles. The maximum atomic E-state index is 12.5. The van der Waals surface area contributed by atoms with E-state index in [1.165, 1.54) is 0 Å². The van der Waals surface area contributed by atoms with E-state index in [0.717, 1.165) is 11.4 Å². The first-order valence-electron chi connectivity index (χ1n) is 5.62. The van der Waals surface area contributed by atoms with Crippen LogP contribution < -0.4 is 4.90 Å². The zero-order valence-electron chi connectivity index (χ0n) is 9.37. The van der Waals surface area contributed by atoms with Crippen molar-refractivity contribution in [2.75, 3.05) is 18.0 Å². The fourth-order valence-corrected chi connectivity index (χ4v) is 2.07. The van der Waals surface area contributed by atoms with E-state index in [0.29, 0.717) is 25.9 Å². The molecule has 0 unspecified atom stereocenters. The van der Waals surface area contributed by atoms with Crippen molar-refractivity contribution in [1.82, 2.24) is 4.98 Å². The minimum atomic E-state index is -2.17. The topological polar surface area (TPSA) is 16.1 Å². The molecule has 16 heavy (non-hydrogen) atoms. The monoisotopic (exact) mass is 226 g/mol. The van der Waals surface area contributed by atoms with Gasteiger partial charge in [-0.05, 0) is 37.5 Å². The van der Waals surface area contributed by atoms with Crippen molar-refractivity contribution < 1.29 is 8.78 Å². The van der Waals surface area contributed by atoms with Gasteiger partial charge in [-0.2, -0.15) is 0 Å². The molecular formula is C12H16F2N2. The number of aryl methyl sites for hydroxylation is 1. The molecule has 1 aromatic heterocycles. The molecule has 0 aliphatic carbocycles. The van der Waals surface area contributed by atoms with Gasteiger partial charge < -0.3 is 4.90 Å². The molecule has 1 saturated heterocycles. The molecule has 2 rings (SSSR count). The molecule has 0 spiro atoms. The summed E-state index contributed by atoms with van der Waals surface area (Å²) in [7, 11) is 0. The number of hydrogen-bond acceptors (Lipinski definition) is 2. The lowest BCUT2D eigenvalue weighted by Gasteiger charge is -2.32. The third-order valence-electron chi connectivity index (χ3n) is 3.12. The van der Waals surface area contributed by atoms with Crippen molar-refractivity contribution in [3.63, 3.8) is 0 Å². The van der Waals surface area contributed by atoms with Crippen LogP contribution in [-0.4, -0.2) is 24.5 Å². The van der Waals surface area contributed by atoms with Crippen LogP contribution in [-0.2, 0) is 0 Å². The van der Waals surface area contributed by atoms with Crippen molar-refractivity contribution in [3.05, 3.63) is 23.9 Å². The van der Waals surface area contributed by atoms with E-state index in [2.05, 4.69) is 9.88 Å². The van der Waals surface area contributed by atoms with E-state index in [1.54, 1.807) is 6.20 Å². The second-order valence-corrected chi connectivity index (χ2v) is 4.35. The highest BCUT2D eigenvalue weighted by molar-refractivity contribution is 5.40. The maximum Gasteiger partial charge on any atom is 0.241 e. The van der Waals surface area contributed by atoms with Gasteiger partial charge >= 0.3 is 0 Å². The van der Waals surface area contributed by atoms with Crippen LogP contribution in [0.4, 0.5) is 14.6 Å². The standard InChI is InChI=1S/C12H16F2N2/c1-9-2-5-15-11(8-9)16-6-3-10(4-7-16)12(13)14/h2,5,8,10,12H,3-4,6-7H2,1H3. The number of pyridine rings is 1. The number of hydrogen-bond donors (Lipinski definition) is 0. The first-order chi connectivity index (χ1) is 7.66. The summed E-state index contributed by atoms with van der Waals surface area (Å²) in [5, 5.41) is 0. The van der Waals surface area contributed by atoms with Gasteiger partial charge in [-0.1, -0.05) is 0 Å². The number of piperidine rings is 1. The Morgan fingerprint density at radius 1 is 1.38 bits per heavy atom. The average molecular weight is 226 g/mol. The summed E-state index contributed by atoms with van der Waals surface area (Å²) < 4.78 is 25.0. The van der Waals surface area contributed by atoms with Gasteiger partial charge in [-0.3, -0.25) is 0 Å². The third kappa shape index (κ3) is 2.49. The molecule has 0 aromatic carbocycles. The molecular weight excluding hydrogens is 210 g/mol. The highest BCUT2D eigenvalue weighted by Crippen LogP contribution is 2.26. The Morgan fingerprint density at radius 2 is 2.06 bits per heavy atom. The molecule has 88 valence electrons. The van der Waals surface area contributed by atoms with Crippen molar-refractivity contribution in [2.24, 2.45) is 5.92 Å². The summed E-state index contributed by atoms with van der Waals surface area (Å²) in [5.74, 6) is 0.480. The van der Waals surface area contributed by atoms with Crippen LogP contribution in [0.15, 0.2) is 18.3 Å². The molecule has 0 bridgehead atoms. The Hall–Kier alpha value is -1.19. The van der Waals surface area contributed by atoms with E-state index in [4.69, 9.17) is 0 Å². The summed E-state index contributed by atoms with van der Waals surface area (Å²) in [4.78, 5) is 6.36. The molecule has 0 amide bonds. The summed E-state index contributed by atoms with van der Waals surface area (Å²) in [5.41, 5.74) is 1.15. The smallest absolute Gasteiger partial charge is 0.241 e. The summed E-state index contributed by atoms with van der Waals surface area (Å²) >= 11 is 0. The van der Waals surface area contributed by atoms with Crippen LogP contribution in [0.1, 0.15) is 18.4 Å². The SMILES string of the molecule is Cc1ccnc(N2CCC(C(F)F)CC2)c1. The van der Waals surface area contributed by atoms with Crippen LogP contribution in [0, 0.1) is 12.8 Å². The predicted molar refractivity (Wildman–Crippen MR) is 59.9 cm³/mol. The Kier molecular flexibility index (Phi) is 3.36. The predicted octanol–water partition coefficient (Wildman–Crippen LogP) is 2.87. The van der Waals surface area contributed by atoms with Gasteiger partial charge in [0.15, 0.2) is 0 Å². The lowest BCUT2D eigenvalue weighted by atomic mass is 9.97. The van der Waals surface area contributed by atoms with Crippen LogP contribution >= 0.6 is 0 Å². The van der Waals surface area contributed by atoms with Crippen LogP contribution in [0.5, 0.6) is 0 Å². The Labute approximate surface area is 94.3 Å². The second-order valence-electron chi connectivity index (χ2n) is 4.35. The van der Waals surface area contributed by atoms with E-state index >= 15 is 0 Å². The Morgan fingerprint density at radius 3 is 2.62 bits per heavy atom. The number of alkyl halides is 2. The molecule has 2 nitrogen and oxygen atoms in total. The maximum absolute atomic E-state index is 12.5. The van der Waals surface area contributed by atoms with E-state index in [9.17, 15) is 8.78 Å². The van der Waals surface area contributed by atoms with Crippen molar-refractivity contribution >= 4 is 5.82 Å². The molecule has 0 N–H and O–H groups in total. The van der Waals surface area contributed by atoms with Crippen LogP contribution in [0.2, 0.25) is 0 Å². The van der Waals surface area contributed by atoms with Gasteiger partial charge in [-0.15, -0.1) is 0 Å². The van der Waals surface area contributed by atoms with E-state index in [-0.39, 0.29) is 0 Å². The average Bonchev–Trinajstić information content (AvgIpc) is 2.29. The van der Waals surface area contributed by atoms with E-state index in [1.807, 2.05) is 19.1 Å². The van der Waals surface area contributed by atoms with Crippen LogP contribution in [0.3, 0.4) is 0 Å². The number of anilines is 1. The Bertz CT molecular complexity index is 347. The molecule has 1 aromatic rings. The lowest BCUT2D eigenvalue weighted by molar-refractivity contribution is 0.0635. The van der Waals surface area contributed by atoms with Gasteiger partial charge in [-0.25, -0.2) is 13.8 Å². The molecule has 1 aliphatic heterocycles. The van der Waals surface area contributed by atoms with Gasteiger partial charge in [0.1, 0.15) is 5.82 Å². The number of halogens is 2. The van der Waals surface area contributed by atoms with Crippen LogP contribution in [0.25, 0.3) is 0 Å². The number of nitrogens with zero attached hydrogens (tertiary/aromatic N) is 2. The molecule has 4 heteroatoms. The molecule has 1 aliphatic rings. The zero-order chi connectivity index (χ0) is 11.5. The summed E-state index contributed by atoms with van der Waals surface area (Å²) in [6.07, 6.45) is 0.720. The number of aromatic nitrogens is 1. The molecule has 0 radical (unpaired) electrons. The minimum absolute atomic E-state index is 0.430. The third-order valence-corrected chi connectivity index (χ3v) is 3.12. The van der Waals surface area contributed by atoms with Crippen molar-refractivity contribution in [1.29, 1.82) is 0 Å². The summed E-state index contributed by atoms with van der Waals surface area (Å²) in [6.45, 7) is 3.38. The minimum Gasteiger partial charge on any atom is -0.357 e. The van der Waals surface area contributed by atoms with Gasteiger partial charge in [0.25, 0.3) is 0 Å².